The van der Waals surface area contributed by atoms with Gasteiger partial charge < -0.3 is 16.0 Å². The van der Waals surface area contributed by atoms with Crippen molar-refractivity contribution < 1.29 is 22.9 Å². The van der Waals surface area contributed by atoms with Gasteiger partial charge in [0, 0.05) is 31.0 Å². The van der Waals surface area contributed by atoms with Gasteiger partial charge in [-0.25, -0.2) is 8.42 Å². The fourth-order valence-corrected chi connectivity index (χ4v) is 3.72. The van der Waals surface area contributed by atoms with E-state index in [0.717, 1.165) is 17.9 Å². The molecule has 0 radical (unpaired) electrons. The number of rotatable bonds is 10. The number of benzene rings is 2. The summed E-state index contributed by atoms with van der Waals surface area (Å²) in [6, 6.07) is 9.86. The monoisotopic (exact) mass is 476 g/mol. The van der Waals surface area contributed by atoms with Crippen molar-refractivity contribution in [3.63, 3.8) is 0 Å². The smallest absolute Gasteiger partial charge is 0.293 e. The van der Waals surface area contributed by atoms with Crippen LogP contribution in [0.1, 0.15) is 29.8 Å². The average Bonchev–Trinajstić information content (AvgIpc) is 2.73. The number of aryl methyl sites for hydroxylation is 1. The normalized spacial score (nSPS) is 12.2. The van der Waals surface area contributed by atoms with Crippen molar-refractivity contribution in [3.05, 3.63) is 63.7 Å². The van der Waals surface area contributed by atoms with Gasteiger partial charge in [0.25, 0.3) is 11.6 Å². The molecule has 0 aliphatic rings. The van der Waals surface area contributed by atoms with E-state index in [1.807, 2.05) is 26.8 Å². The Balaban J connectivity index is 1.98. The van der Waals surface area contributed by atoms with Gasteiger partial charge in [0.1, 0.15) is 11.7 Å². The van der Waals surface area contributed by atoms with Crippen molar-refractivity contribution in [2.24, 2.45) is 5.92 Å². The summed E-state index contributed by atoms with van der Waals surface area (Å²) in [6.07, 6.45) is 0.970. The lowest BCUT2D eigenvalue weighted by Gasteiger charge is -2.22. The first-order valence-corrected chi connectivity index (χ1v) is 12.2. The van der Waals surface area contributed by atoms with Crippen molar-refractivity contribution in [1.82, 2.24) is 10.6 Å². The molecule has 178 valence electrons. The van der Waals surface area contributed by atoms with E-state index < -0.39 is 20.8 Å². The van der Waals surface area contributed by atoms with Crippen molar-refractivity contribution in [1.29, 1.82) is 0 Å². The number of sulfone groups is 1. The molecule has 0 fully saturated rings. The highest BCUT2D eigenvalue weighted by Gasteiger charge is 2.24. The molecule has 1 atom stereocenters. The Morgan fingerprint density at radius 2 is 1.79 bits per heavy atom. The number of carbonyl (C=O) groups is 2. The number of nitro benzene ring substituents is 1. The third-order valence-electron chi connectivity index (χ3n) is 4.85. The molecular weight excluding hydrogens is 448 g/mol. The third-order valence-corrected chi connectivity index (χ3v) is 5.96. The zero-order valence-electron chi connectivity index (χ0n) is 18.9. The number of nitro groups is 1. The molecular formula is C22H28N4O6S. The maximum absolute atomic E-state index is 12.6. The zero-order chi connectivity index (χ0) is 24.8. The maximum Gasteiger partial charge on any atom is 0.293 e. The van der Waals surface area contributed by atoms with Gasteiger partial charge >= 0.3 is 0 Å². The second-order valence-electron chi connectivity index (χ2n) is 7.99. The van der Waals surface area contributed by atoms with Gasteiger partial charge in [-0.2, -0.15) is 0 Å². The minimum atomic E-state index is -3.59. The van der Waals surface area contributed by atoms with Crippen LogP contribution in [0.5, 0.6) is 0 Å². The van der Waals surface area contributed by atoms with E-state index in [-0.39, 0.29) is 47.1 Å². The Kier molecular flexibility index (Phi) is 8.52. The van der Waals surface area contributed by atoms with Crippen LogP contribution in [0.15, 0.2) is 47.4 Å². The van der Waals surface area contributed by atoms with E-state index in [0.29, 0.717) is 5.56 Å². The molecule has 0 bridgehead atoms. The van der Waals surface area contributed by atoms with Crippen LogP contribution < -0.4 is 16.0 Å². The van der Waals surface area contributed by atoms with Crippen LogP contribution in [0.3, 0.4) is 0 Å². The molecule has 3 N–H and O–H groups in total. The molecule has 0 saturated heterocycles. The van der Waals surface area contributed by atoms with E-state index in [1.165, 1.54) is 12.1 Å². The Hall–Kier alpha value is -3.47. The second-order valence-corrected chi connectivity index (χ2v) is 10.0. The molecule has 0 saturated carbocycles. The van der Waals surface area contributed by atoms with Gasteiger partial charge in [-0.05, 0) is 37.1 Å². The Bertz CT molecular complexity index is 1150. The third kappa shape index (κ3) is 7.28. The lowest BCUT2D eigenvalue weighted by molar-refractivity contribution is -0.384. The van der Waals surface area contributed by atoms with Gasteiger partial charge in [-0.1, -0.05) is 31.5 Å². The quantitative estimate of drug-likeness (QED) is 0.271. The molecule has 0 heterocycles. The molecule has 0 unspecified atom stereocenters. The molecule has 2 aromatic rings. The van der Waals surface area contributed by atoms with Gasteiger partial charge in [0.05, 0.1) is 9.82 Å². The second kappa shape index (κ2) is 10.9. The zero-order valence-corrected chi connectivity index (χ0v) is 19.7. The standard InChI is InChI=1S/C22H28N4O6S/c1-14(2)20(25-21(27)16-7-5-6-15(3)12-16)22(28)24-11-10-23-18-9-8-17(33(4,31)32)13-19(18)26(29)30/h5-9,12-14,20,23H,10-11H2,1-4H3,(H,24,28)(H,25,27)/t20-/m0/s1. The van der Waals surface area contributed by atoms with E-state index in [4.69, 9.17) is 0 Å². The van der Waals surface area contributed by atoms with Gasteiger partial charge in [0.2, 0.25) is 5.91 Å². The first-order valence-electron chi connectivity index (χ1n) is 10.3. The van der Waals surface area contributed by atoms with Crippen LogP contribution in [0.4, 0.5) is 11.4 Å². The minimum absolute atomic E-state index is 0.132. The van der Waals surface area contributed by atoms with Crippen LogP contribution >= 0.6 is 0 Å². The molecule has 0 aromatic heterocycles. The summed E-state index contributed by atoms with van der Waals surface area (Å²) in [5.41, 5.74) is 1.14. The lowest BCUT2D eigenvalue weighted by Crippen LogP contribution is -2.50. The topological polar surface area (TPSA) is 148 Å². The van der Waals surface area contributed by atoms with Crippen molar-refractivity contribution >= 4 is 33.0 Å². The first kappa shape index (κ1) is 25.8. The van der Waals surface area contributed by atoms with Gasteiger partial charge in [-0.3, -0.25) is 19.7 Å². The summed E-state index contributed by atoms with van der Waals surface area (Å²) in [7, 11) is -3.59. The van der Waals surface area contributed by atoms with Gasteiger partial charge in [-0.15, -0.1) is 0 Å². The fraction of sp³-hybridized carbons (Fsp3) is 0.364. The van der Waals surface area contributed by atoms with Crippen molar-refractivity contribution in [3.8, 4) is 0 Å². The molecule has 2 rings (SSSR count). The number of nitrogens with one attached hydrogen (secondary N) is 3. The number of hydrogen-bond acceptors (Lipinski definition) is 7. The van der Waals surface area contributed by atoms with E-state index in [2.05, 4.69) is 16.0 Å². The maximum atomic E-state index is 12.6. The summed E-state index contributed by atoms with van der Waals surface area (Å²) in [4.78, 5) is 35.6. The molecule has 2 amide bonds. The molecule has 0 aliphatic heterocycles. The van der Waals surface area contributed by atoms with Crippen molar-refractivity contribution in [2.75, 3.05) is 24.7 Å². The molecule has 0 spiro atoms. The van der Waals surface area contributed by atoms with Gasteiger partial charge in [0.15, 0.2) is 9.84 Å². The minimum Gasteiger partial charge on any atom is -0.378 e. The summed E-state index contributed by atoms with van der Waals surface area (Å²) >= 11 is 0. The molecule has 0 aliphatic carbocycles. The van der Waals surface area contributed by atoms with Crippen molar-refractivity contribution in [2.45, 2.75) is 31.7 Å². The number of anilines is 1. The predicted octanol–water partition coefficient (Wildman–Crippen LogP) is 2.29. The van der Waals surface area contributed by atoms with Crippen LogP contribution in [0, 0.1) is 23.0 Å². The Morgan fingerprint density at radius 1 is 1.09 bits per heavy atom. The summed E-state index contributed by atoms with van der Waals surface area (Å²) in [5, 5.41) is 19.6. The number of amides is 2. The summed E-state index contributed by atoms with van der Waals surface area (Å²) in [5.74, 6) is -0.904. The SMILES string of the molecule is Cc1cccc(C(=O)N[C@H](C(=O)NCCNc2ccc(S(C)(=O)=O)cc2[N+](=O)[O-])C(C)C)c1. The largest absolute Gasteiger partial charge is 0.378 e. The highest BCUT2D eigenvalue weighted by Crippen LogP contribution is 2.27. The van der Waals surface area contributed by atoms with Crippen LogP contribution in [0.25, 0.3) is 0 Å². The first-order chi connectivity index (χ1) is 15.4. The fourth-order valence-electron chi connectivity index (χ4n) is 3.08. The van der Waals surface area contributed by atoms with E-state index in [1.54, 1.807) is 18.2 Å². The van der Waals surface area contributed by atoms with Crippen LogP contribution in [-0.2, 0) is 14.6 Å². The molecule has 2 aromatic carbocycles. The van der Waals surface area contributed by atoms with Crippen LogP contribution in [-0.4, -0.2) is 50.5 Å². The number of nitrogens with zero attached hydrogens (tertiary/aromatic N) is 1. The molecule has 11 heteroatoms. The number of hydrogen-bond donors (Lipinski definition) is 3. The van der Waals surface area contributed by atoms with E-state index >= 15 is 0 Å². The predicted molar refractivity (Wildman–Crippen MR) is 125 cm³/mol. The number of carbonyl (C=O) groups excluding carboxylic acids is 2. The summed E-state index contributed by atoms with van der Waals surface area (Å²) < 4.78 is 23.3. The highest BCUT2D eigenvalue weighted by molar-refractivity contribution is 7.90. The molecule has 33 heavy (non-hydrogen) atoms. The van der Waals surface area contributed by atoms with E-state index in [9.17, 15) is 28.1 Å². The molecule has 10 nitrogen and oxygen atoms in total. The average molecular weight is 477 g/mol. The summed E-state index contributed by atoms with van der Waals surface area (Å²) in [6.45, 7) is 5.78. The highest BCUT2D eigenvalue weighted by atomic mass is 32.2. The van der Waals surface area contributed by atoms with Crippen LogP contribution in [0.2, 0.25) is 0 Å². The Labute approximate surface area is 192 Å². The Morgan fingerprint density at radius 3 is 2.36 bits per heavy atom. The lowest BCUT2D eigenvalue weighted by atomic mass is 10.0.